The Bertz CT molecular complexity index is 294. The topological polar surface area (TPSA) is 55.0 Å². The molecule has 0 bridgehead atoms. The van der Waals surface area contributed by atoms with Gasteiger partial charge in [0.05, 0.1) is 13.3 Å². The molecule has 4 heteroatoms. The molecule has 1 N–H and O–H groups in total. The molecule has 0 aliphatic rings. The van der Waals surface area contributed by atoms with Crippen molar-refractivity contribution in [3.63, 3.8) is 0 Å². The van der Waals surface area contributed by atoms with Crippen molar-refractivity contribution in [3.8, 4) is 0 Å². The maximum atomic E-state index is 11.0. The molecule has 0 radical (unpaired) electrons. The molecule has 0 spiro atoms. The lowest BCUT2D eigenvalue weighted by atomic mass is 10.1. The van der Waals surface area contributed by atoms with Crippen molar-refractivity contribution in [3.05, 3.63) is 17.7 Å². The SMILES string of the molecule is CCC(C)c1ncc(C(=O)OC)[nH]1. The minimum Gasteiger partial charge on any atom is -0.464 e. The molecule has 1 unspecified atom stereocenters. The van der Waals surface area contributed by atoms with E-state index in [0.29, 0.717) is 11.6 Å². The molecule has 0 fully saturated rings. The Morgan fingerprint density at radius 2 is 2.46 bits per heavy atom. The second-order valence-electron chi connectivity index (χ2n) is 2.98. The predicted octanol–water partition coefficient (Wildman–Crippen LogP) is 1.71. The third-order valence-electron chi connectivity index (χ3n) is 2.08. The summed E-state index contributed by atoms with van der Waals surface area (Å²) >= 11 is 0. The molecule has 0 aromatic carbocycles. The number of methoxy groups -OCH3 is 1. The number of imidazole rings is 1. The van der Waals surface area contributed by atoms with Crippen LogP contribution in [0.15, 0.2) is 6.20 Å². The van der Waals surface area contributed by atoms with Crippen molar-refractivity contribution in [1.29, 1.82) is 0 Å². The fourth-order valence-corrected chi connectivity index (χ4v) is 0.994. The van der Waals surface area contributed by atoms with E-state index in [1.165, 1.54) is 13.3 Å². The van der Waals surface area contributed by atoms with Crippen LogP contribution < -0.4 is 0 Å². The van der Waals surface area contributed by atoms with Crippen LogP contribution in [0.4, 0.5) is 0 Å². The second kappa shape index (κ2) is 4.07. The van der Waals surface area contributed by atoms with Gasteiger partial charge in [-0.2, -0.15) is 0 Å². The van der Waals surface area contributed by atoms with E-state index in [4.69, 9.17) is 0 Å². The van der Waals surface area contributed by atoms with Crippen molar-refractivity contribution in [2.24, 2.45) is 0 Å². The number of carbonyl (C=O) groups is 1. The smallest absolute Gasteiger partial charge is 0.356 e. The van der Waals surface area contributed by atoms with Gasteiger partial charge in [-0.05, 0) is 6.42 Å². The standard InChI is InChI=1S/C9H14N2O2/c1-4-6(2)8-10-5-7(11-8)9(12)13-3/h5-6H,4H2,1-3H3,(H,10,11). The highest BCUT2D eigenvalue weighted by Crippen LogP contribution is 2.14. The summed E-state index contributed by atoms with van der Waals surface area (Å²) in [4.78, 5) is 18.1. The second-order valence-corrected chi connectivity index (χ2v) is 2.98. The van der Waals surface area contributed by atoms with Crippen molar-refractivity contribution in [2.45, 2.75) is 26.2 Å². The third-order valence-corrected chi connectivity index (χ3v) is 2.08. The molecule has 72 valence electrons. The summed E-state index contributed by atoms with van der Waals surface area (Å²) in [5, 5.41) is 0. The van der Waals surface area contributed by atoms with Crippen LogP contribution >= 0.6 is 0 Å². The Labute approximate surface area is 77.3 Å². The third kappa shape index (κ3) is 2.08. The Hall–Kier alpha value is -1.32. The quantitative estimate of drug-likeness (QED) is 0.724. The van der Waals surface area contributed by atoms with E-state index in [-0.39, 0.29) is 5.97 Å². The minimum atomic E-state index is -0.373. The van der Waals surface area contributed by atoms with Crippen molar-refractivity contribution >= 4 is 5.97 Å². The summed E-state index contributed by atoms with van der Waals surface area (Å²) in [7, 11) is 1.35. The first kappa shape index (κ1) is 9.77. The maximum Gasteiger partial charge on any atom is 0.356 e. The van der Waals surface area contributed by atoms with Crippen LogP contribution in [0.25, 0.3) is 0 Å². The molecular formula is C9H14N2O2. The first-order chi connectivity index (χ1) is 6.19. The fraction of sp³-hybridized carbons (Fsp3) is 0.556. The number of rotatable bonds is 3. The molecule has 4 nitrogen and oxygen atoms in total. The zero-order valence-electron chi connectivity index (χ0n) is 8.13. The number of esters is 1. The van der Waals surface area contributed by atoms with Gasteiger partial charge in [-0.25, -0.2) is 9.78 Å². The van der Waals surface area contributed by atoms with Crippen molar-refractivity contribution in [1.82, 2.24) is 9.97 Å². The summed E-state index contributed by atoms with van der Waals surface area (Å²) < 4.78 is 4.55. The van der Waals surface area contributed by atoms with Gasteiger partial charge in [-0.1, -0.05) is 13.8 Å². The van der Waals surface area contributed by atoms with Crippen LogP contribution in [0, 0.1) is 0 Å². The number of nitrogens with one attached hydrogen (secondary N) is 1. The van der Waals surface area contributed by atoms with Crippen LogP contribution in [-0.2, 0) is 4.74 Å². The summed E-state index contributed by atoms with van der Waals surface area (Å²) in [5.41, 5.74) is 0.415. The highest BCUT2D eigenvalue weighted by atomic mass is 16.5. The summed E-state index contributed by atoms with van der Waals surface area (Å²) in [6, 6.07) is 0. The van der Waals surface area contributed by atoms with Crippen LogP contribution in [0.3, 0.4) is 0 Å². The number of H-pyrrole nitrogens is 1. The van der Waals surface area contributed by atoms with Gasteiger partial charge in [0.15, 0.2) is 0 Å². The maximum absolute atomic E-state index is 11.0. The number of aromatic nitrogens is 2. The molecular weight excluding hydrogens is 168 g/mol. The van der Waals surface area contributed by atoms with Gasteiger partial charge in [0.2, 0.25) is 0 Å². The molecule has 0 saturated heterocycles. The average Bonchev–Trinajstić information content (AvgIpc) is 2.64. The molecule has 1 heterocycles. The van der Waals surface area contributed by atoms with Crippen LogP contribution in [0.1, 0.15) is 42.5 Å². The molecule has 0 amide bonds. The lowest BCUT2D eigenvalue weighted by molar-refractivity contribution is 0.0594. The minimum absolute atomic E-state index is 0.346. The van der Waals surface area contributed by atoms with Crippen molar-refractivity contribution in [2.75, 3.05) is 7.11 Å². The van der Waals surface area contributed by atoms with Crippen LogP contribution in [-0.4, -0.2) is 23.0 Å². The van der Waals surface area contributed by atoms with Crippen molar-refractivity contribution < 1.29 is 9.53 Å². The number of ether oxygens (including phenoxy) is 1. The highest BCUT2D eigenvalue weighted by molar-refractivity contribution is 5.86. The zero-order chi connectivity index (χ0) is 9.84. The first-order valence-electron chi connectivity index (χ1n) is 4.32. The van der Waals surface area contributed by atoms with Gasteiger partial charge in [0.1, 0.15) is 11.5 Å². The lowest BCUT2D eigenvalue weighted by Gasteiger charge is -2.02. The Morgan fingerprint density at radius 3 is 3.00 bits per heavy atom. The number of aromatic amines is 1. The first-order valence-corrected chi connectivity index (χ1v) is 4.32. The van der Waals surface area contributed by atoms with E-state index < -0.39 is 0 Å². The molecule has 1 aromatic heterocycles. The number of nitrogens with zero attached hydrogens (tertiary/aromatic N) is 1. The largest absolute Gasteiger partial charge is 0.464 e. The van der Waals surface area contributed by atoms with Gasteiger partial charge in [0.25, 0.3) is 0 Å². The van der Waals surface area contributed by atoms with Gasteiger partial charge < -0.3 is 9.72 Å². The van der Waals surface area contributed by atoms with E-state index >= 15 is 0 Å². The lowest BCUT2D eigenvalue weighted by Crippen LogP contribution is -2.02. The molecule has 1 rings (SSSR count). The number of carbonyl (C=O) groups excluding carboxylic acids is 1. The fourth-order valence-electron chi connectivity index (χ4n) is 0.994. The average molecular weight is 182 g/mol. The number of hydrogen-bond acceptors (Lipinski definition) is 3. The summed E-state index contributed by atoms with van der Waals surface area (Å²) in [6.45, 7) is 4.13. The van der Waals surface area contributed by atoms with Gasteiger partial charge in [-0.15, -0.1) is 0 Å². The normalized spacial score (nSPS) is 12.5. The highest BCUT2D eigenvalue weighted by Gasteiger charge is 2.12. The molecule has 0 aliphatic heterocycles. The van der Waals surface area contributed by atoms with E-state index in [1.54, 1.807) is 0 Å². The van der Waals surface area contributed by atoms with Gasteiger partial charge >= 0.3 is 5.97 Å². The summed E-state index contributed by atoms with van der Waals surface area (Å²) in [6.07, 6.45) is 2.50. The predicted molar refractivity (Wildman–Crippen MR) is 48.6 cm³/mol. The van der Waals surface area contributed by atoms with E-state index in [0.717, 1.165) is 12.2 Å². The molecule has 13 heavy (non-hydrogen) atoms. The summed E-state index contributed by atoms with van der Waals surface area (Å²) in [5.74, 6) is 0.809. The Balaban J connectivity index is 2.80. The zero-order valence-corrected chi connectivity index (χ0v) is 8.13. The molecule has 1 atom stereocenters. The molecule has 0 aliphatic carbocycles. The van der Waals surface area contributed by atoms with Crippen LogP contribution in [0.2, 0.25) is 0 Å². The molecule has 1 aromatic rings. The van der Waals surface area contributed by atoms with Crippen LogP contribution in [0.5, 0.6) is 0 Å². The number of hydrogen-bond donors (Lipinski definition) is 1. The van der Waals surface area contributed by atoms with E-state index in [2.05, 4.69) is 28.6 Å². The molecule has 0 saturated carbocycles. The van der Waals surface area contributed by atoms with Gasteiger partial charge in [-0.3, -0.25) is 0 Å². The monoisotopic (exact) mass is 182 g/mol. The van der Waals surface area contributed by atoms with E-state index in [9.17, 15) is 4.79 Å². The Kier molecular flexibility index (Phi) is 3.06. The van der Waals surface area contributed by atoms with E-state index in [1.807, 2.05) is 0 Å². The Morgan fingerprint density at radius 1 is 1.77 bits per heavy atom. The van der Waals surface area contributed by atoms with Gasteiger partial charge in [0, 0.05) is 5.92 Å².